The first-order valence-electron chi connectivity index (χ1n) is 10.8. The van der Waals surface area contributed by atoms with Crippen molar-refractivity contribution in [2.24, 2.45) is 0 Å². The predicted molar refractivity (Wildman–Crippen MR) is 122 cm³/mol. The van der Waals surface area contributed by atoms with Crippen molar-refractivity contribution in [3.8, 4) is 22.6 Å². The monoisotopic (exact) mass is 434 g/mol. The van der Waals surface area contributed by atoms with Gasteiger partial charge in [0.25, 0.3) is 0 Å². The second kappa shape index (κ2) is 9.43. The fourth-order valence-electron chi connectivity index (χ4n) is 4.11. The van der Waals surface area contributed by atoms with Gasteiger partial charge in [-0.2, -0.15) is 0 Å². The van der Waals surface area contributed by atoms with Crippen molar-refractivity contribution in [1.82, 2.24) is 0 Å². The van der Waals surface area contributed by atoms with Gasteiger partial charge in [0.05, 0.1) is 20.6 Å². The van der Waals surface area contributed by atoms with E-state index in [0.717, 1.165) is 35.3 Å². The van der Waals surface area contributed by atoms with Gasteiger partial charge in [-0.3, -0.25) is 4.79 Å². The standard InChI is InChI=1S/C27H27FO4/c1-17(14-27(29)31-3)21-9-8-20-10-13-25(32-26(20)15-21)19-6-4-18(5-7-19)23-16-22(30-2)11-12-24(23)28/h4-9,11-12,15-17,25H,10,13-14H2,1-3H3. The highest BCUT2D eigenvalue weighted by atomic mass is 19.1. The Morgan fingerprint density at radius 2 is 1.88 bits per heavy atom. The van der Waals surface area contributed by atoms with E-state index in [2.05, 4.69) is 12.1 Å². The normalized spacial score (nSPS) is 15.9. The molecule has 0 N–H and O–H groups in total. The summed E-state index contributed by atoms with van der Waals surface area (Å²) >= 11 is 0. The van der Waals surface area contributed by atoms with Crippen LogP contribution in [0.15, 0.2) is 60.7 Å². The quantitative estimate of drug-likeness (QED) is 0.431. The summed E-state index contributed by atoms with van der Waals surface area (Å²) in [7, 11) is 2.98. The minimum Gasteiger partial charge on any atom is -0.497 e. The predicted octanol–water partition coefficient (Wildman–Crippen LogP) is 6.23. The Hall–Kier alpha value is -3.34. The highest BCUT2D eigenvalue weighted by Crippen LogP contribution is 2.38. The molecule has 0 amide bonds. The molecular weight excluding hydrogens is 407 g/mol. The Kier molecular flexibility index (Phi) is 6.45. The maximum atomic E-state index is 14.3. The Morgan fingerprint density at radius 1 is 1.09 bits per heavy atom. The van der Waals surface area contributed by atoms with Crippen molar-refractivity contribution in [2.45, 2.75) is 38.2 Å². The van der Waals surface area contributed by atoms with Crippen LogP contribution in [0.25, 0.3) is 11.1 Å². The molecule has 2 unspecified atom stereocenters. The maximum Gasteiger partial charge on any atom is 0.306 e. The second-order valence-electron chi connectivity index (χ2n) is 8.16. The number of halogens is 1. The lowest BCUT2D eigenvalue weighted by atomic mass is 9.92. The smallest absolute Gasteiger partial charge is 0.306 e. The van der Waals surface area contributed by atoms with Crippen LogP contribution < -0.4 is 9.47 Å². The lowest BCUT2D eigenvalue weighted by Crippen LogP contribution is -2.15. The first-order chi connectivity index (χ1) is 15.5. The number of esters is 1. The number of methoxy groups -OCH3 is 2. The molecule has 0 saturated carbocycles. The van der Waals surface area contributed by atoms with E-state index in [1.165, 1.54) is 18.7 Å². The first-order valence-corrected chi connectivity index (χ1v) is 10.8. The van der Waals surface area contributed by atoms with E-state index in [1.54, 1.807) is 19.2 Å². The number of carbonyl (C=O) groups is 1. The minimum absolute atomic E-state index is 0.0498. The largest absolute Gasteiger partial charge is 0.497 e. The Bertz CT molecular complexity index is 1110. The molecule has 0 fully saturated rings. The first kappa shape index (κ1) is 21.9. The van der Waals surface area contributed by atoms with Crippen LogP contribution in [0, 0.1) is 5.82 Å². The van der Waals surface area contributed by atoms with E-state index in [4.69, 9.17) is 14.2 Å². The number of hydrogen-bond donors (Lipinski definition) is 0. The summed E-state index contributed by atoms with van der Waals surface area (Å²) in [6.07, 6.45) is 2.05. The van der Waals surface area contributed by atoms with Gasteiger partial charge in [-0.05, 0) is 65.3 Å². The van der Waals surface area contributed by atoms with Gasteiger partial charge >= 0.3 is 5.97 Å². The molecule has 1 aliphatic rings. The van der Waals surface area contributed by atoms with Gasteiger partial charge in [-0.15, -0.1) is 0 Å². The van der Waals surface area contributed by atoms with E-state index >= 15 is 0 Å². The average Bonchev–Trinajstić information content (AvgIpc) is 2.83. The van der Waals surface area contributed by atoms with Gasteiger partial charge in [0.1, 0.15) is 23.4 Å². The molecule has 2 atom stereocenters. The van der Waals surface area contributed by atoms with Crippen LogP contribution in [-0.2, 0) is 16.0 Å². The van der Waals surface area contributed by atoms with Gasteiger partial charge in [0, 0.05) is 5.56 Å². The molecule has 0 aliphatic carbocycles. The summed E-state index contributed by atoms with van der Waals surface area (Å²) in [5.74, 6) is 1.03. The number of aryl methyl sites for hydroxylation is 1. The molecule has 32 heavy (non-hydrogen) atoms. The van der Waals surface area contributed by atoms with E-state index in [-0.39, 0.29) is 23.8 Å². The summed E-state index contributed by atoms with van der Waals surface area (Å²) in [5.41, 5.74) is 4.58. The van der Waals surface area contributed by atoms with Gasteiger partial charge < -0.3 is 14.2 Å². The van der Waals surface area contributed by atoms with Gasteiger partial charge in [0.15, 0.2) is 0 Å². The van der Waals surface area contributed by atoms with Crippen molar-refractivity contribution in [3.63, 3.8) is 0 Å². The van der Waals surface area contributed by atoms with Crippen molar-refractivity contribution in [3.05, 3.63) is 83.2 Å². The van der Waals surface area contributed by atoms with Crippen molar-refractivity contribution in [2.75, 3.05) is 14.2 Å². The van der Waals surface area contributed by atoms with Crippen molar-refractivity contribution in [1.29, 1.82) is 0 Å². The van der Waals surface area contributed by atoms with Crippen LogP contribution in [-0.4, -0.2) is 20.2 Å². The molecule has 0 radical (unpaired) electrons. The number of rotatable bonds is 6. The highest BCUT2D eigenvalue weighted by Gasteiger charge is 2.23. The molecule has 0 spiro atoms. The van der Waals surface area contributed by atoms with Crippen LogP contribution in [0.3, 0.4) is 0 Å². The number of carbonyl (C=O) groups excluding carboxylic acids is 1. The molecule has 4 nitrogen and oxygen atoms in total. The Morgan fingerprint density at radius 3 is 2.59 bits per heavy atom. The summed E-state index contributed by atoms with van der Waals surface area (Å²) in [5, 5.41) is 0. The average molecular weight is 435 g/mol. The third-order valence-electron chi connectivity index (χ3n) is 6.07. The summed E-state index contributed by atoms with van der Waals surface area (Å²) < 4.78 is 30.7. The molecule has 5 heteroatoms. The van der Waals surface area contributed by atoms with Gasteiger partial charge in [-0.25, -0.2) is 4.39 Å². The molecule has 1 heterocycles. The number of hydrogen-bond acceptors (Lipinski definition) is 4. The fraction of sp³-hybridized carbons (Fsp3) is 0.296. The molecule has 166 valence electrons. The SMILES string of the molecule is COC(=O)CC(C)c1ccc2c(c1)OC(c1ccc(-c3cc(OC)ccc3F)cc1)CC2. The highest BCUT2D eigenvalue weighted by molar-refractivity contribution is 5.70. The van der Waals surface area contributed by atoms with E-state index < -0.39 is 0 Å². The number of ether oxygens (including phenoxy) is 3. The minimum atomic E-state index is -0.282. The molecule has 3 aromatic rings. The summed E-state index contributed by atoms with van der Waals surface area (Å²) in [4.78, 5) is 11.6. The maximum absolute atomic E-state index is 14.3. The van der Waals surface area contributed by atoms with Crippen LogP contribution >= 0.6 is 0 Å². The van der Waals surface area contributed by atoms with Crippen LogP contribution in [0.4, 0.5) is 4.39 Å². The molecule has 0 saturated heterocycles. The van der Waals surface area contributed by atoms with Crippen LogP contribution in [0.5, 0.6) is 11.5 Å². The molecule has 0 bridgehead atoms. The second-order valence-corrected chi connectivity index (χ2v) is 8.16. The zero-order valence-corrected chi connectivity index (χ0v) is 18.6. The van der Waals surface area contributed by atoms with Crippen molar-refractivity contribution >= 4 is 5.97 Å². The number of benzene rings is 3. The summed E-state index contributed by atoms with van der Waals surface area (Å²) in [6.45, 7) is 2.01. The Balaban J connectivity index is 1.52. The lowest BCUT2D eigenvalue weighted by molar-refractivity contribution is -0.140. The molecule has 0 aromatic heterocycles. The molecule has 4 rings (SSSR count). The van der Waals surface area contributed by atoms with Gasteiger partial charge in [-0.1, -0.05) is 43.3 Å². The fourth-order valence-corrected chi connectivity index (χ4v) is 4.11. The van der Waals surface area contributed by atoms with E-state index in [9.17, 15) is 9.18 Å². The Labute approximate surface area is 187 Å². The van der Waals surface area contributed by atoms with E-state index in [0.29, 0.717) is 17.7 Å². The molecular formula is C27H27FO4. The van der Waals surface area contributed by atoms with Crippen molar-refractivity contribution < 1.29 is 23.4 Å². The van der Waals surface area contributed by atoms with E-state index in [1.807, 2.05) is 37.3 Å². The summed E-state index contributed by atoms with van der Waals surface area (Å²) in [6, 6.07) is 18.7. The third-order valence-corrected chi connectivity index (χ3v) is 6.07. The number of fused-ring (bicyclic) bond motifs is 1. The lowest BCUT2D eigenvalue weighted by Gasteiger charge is -2.27. The molecule has 1 aliphatic heterocycles. The zero-order chi connectivity index (χ0) is 22.7. The van der Waals surface area contributed by atoms with Crippen LogP contribution in [0.1, 0.15) is 48.5 Å². The van der Waals surface area contributed by atoms with Crippen LogP contribution in [0.2, 0.25) is 0 Å². The third kappa shape index (κ3) is 4.62. The molecule has 3 aromatic carbocycles. The van der Waals surface area contributed by atoms with Gasteiger partial charge in [0.2, 0.25) is 0 Å². The topological polar surface area (TPSA) is 44.8 Å². The zero-order valence-electron chi connectivity index (χ0n) is 18.6.